The number of rotatable bonds is 8. The number of pyridine rings is 2. The number of imidazole rings is 1. The van der Waals surface area contributed by atoms with E-state index in [9.17, 15) is 13.6 Å². The maximum absolute atomic E-state index is 15.0. The predicted octanol–water partition coefficient (Wildman–Crippen LogP) is 4.95. The third-order valence-electron chi connectivity index (χ3n) is 6.48. The third-order valence-corrected chi connectivity index (χ3v) is 6.48. The van der Waals surface area contributed by atoms with Crippen LogP contribution in [0.2, 0.25) is 0 Å². The van der Waals surface area contributed by atoms with Gasteiger partial charge in [0, 0.05) is 24.8 Å². The fourth-order valence-corrected chi connectivity index (χ4v) is 4.54. The Morgan fingerprint density at radius 2 is 1.83 bits per heavy atom. The van der Waals surface area contributed by atoms with Crippen LogP contribution in [0.5, 0.6) is 0 Å². The van der Waals surface area contributed by atoms with Gasteiger partial charge < -0.3 is 14.8 Å². The summed E-state index contributed by atoms with van der Waals surface area (Å²) in [5.74, 6) is -0.699. The number of amides is 1. The van der Waals surface area contributed by atoms with E-state index in [1.807, 2.05) is 36.4 Å². The number of hydrogen-bond acceptors (Lipinski definition) is 9. The number of fused-ring (bicyclic) bond motifs is 1. The largest absolute Gasteiger partial charge is 0.367 e. The van der Waals surface area contributed by atoms with Crippen LogP contribution in [0.15, 0.2) is 55.0 Å². The number of benzene rings is 1. The van der Waals surface area contributed by atoms with E-state index in [0.29, 0.717) is 29.4 Å². The van der Waals surface area contributed by atoms with Crippen molar-refractivity contribution in [2.24, 2.45) is 0 Å². The highest BCUT2D eigenvalue weighted by molar-refractivity contribution is 5.92. The molecule has 4 aromatic heterocycles. The summed E-state index contributed by atoms with van der Waals surface area (Å²) in [5, 5.41) is 11.7. The molecule has 4 heterocycles. The van der Waals surface area contributed by atoms with E-state index in [1.165, 1.54) is 12.3 Å². The average molecular weight is 560 g/mol. The van der Waals surface area contributed by atoms with Crippen molar-refractivity contribution in [3.05, 3.63) is 83.7 Å². The van der Waals surface area contributed by atoms with Gasteiger partial charge in [0.2, 0.25) is 5.95 Å². The van der Waals surface area contributed by atoms with Crippen LogP contribution in [0.1, 0.15) is 41.8 Å². The Hall–Kier alpha value is -5.04. The van der Waals surface area contributed by atoms with Gasteiger partial charge in [0.1, 0.15) is 22.9 Å². The van der Waals surface area contributed by atoms with Crippen molar-refractivity contribution >= 4 is 34.4 Å². The number of halogens is 2. The summed E-state index contributed by atoms with van der Waals surface area (Å²) in [6.07, 6.45) is 4.05. The number of carbonyl (C=O) groups is 1. The highest BCUT2D eigenvalue weighted by Crippen LogP contribution is 2.30. The van der Waals surface area contributed by atoms with Gasteiger partial charge in [-0.05, 0) is 57.2 Å². The van der Waals surface area contributed by atoms with Gasteiger partial charge in [-0.15, -0.1) is 0 Å². The minimum Gasteiger partial charge on any atom is -0.367 e. The van der Waals surface area contributed by atoms with Gasteiger partial charge in [0.05, 0.1) is 41.4 Å². The quantitative estimate of drug-likeness (QED) is 0.178. The second kappa shape index (κ2) is 11.2. The summed E-state index contributed by atoms with van der Waals surface area (Å²) in [7, 11) is 1.86. The third kappa shape index (κ3) is 5.65. The zero-order chi connectivity index (χ0) is 29.3. The van der Waals surface area contributed by atoms with Crippen LogP contribution in [0, 0.1) is 18.6 Å². The fourth-order valence-electron chi connectivity index (χ4n) is 4.54. The Morgan fingerprint density at radius 1 is 1.02 bits per heavy atom. The molecule has 0 fully saturated rings. The van der Waals surface area contributed by atoms with Gasteiger partial charge in [-0.1, -0.05) is 0 Å². The summed E-state index contributed by atoms with van der Waals surface area (Å²) in [6, 6.07) is 9.74. The van der Waals surface area contributed by atoms with Crippen molar-refractivity contribution < 1.29 is 18.8 Å². The molecule has 13 heteroatoms. The SMILES string of the molecule is Cc1nc2c(F)cc(-c3nc(Nc4ccc(N(C)Cc5ccc(C(=O)NO)cn5)cn4)ncc3F)cc2n1C(C)C. The van der Waals surface area contributed by atoms with Crippen molar-refractivity contribution in [3.63, 3.8) is 0 Å². The summed E-state index contributed by atoms with van der Waals surface area (Å²) in [6.45, 7) is 6.18. The molecule has 1 aromatic carbocycles. The molecular weight excluding hydrogens is 532 g/mol. The molecule has 0 spiro atoms. The highest BCUT2D eigenvalue weighted by Gasteiger charge is 2.18. The van der Waals surface area contributed by atoms with E-state index in [2.05, 4.69) is 30.2 Å². The number of nitrogens with one attached hydrogen (secondary N) is 2. The van der Waals surface area contributed by atoms with Crippen LogP contribution in [-0.4, -0.2) is 47.6 Å². The molecule has 3 N–H and O–H groups in total. The minimum atomic E-state index is -0.690. The zero-order valence-corrected chi connectivity index (χ0v) is 22.7. The summed E-state index contributed by atoms with van der Waals surface area (Å²) in [4.78, 5) is 34.7. The molecule has 0 aliphatic heterocycles. The molecule has 0 radical (unpaired) electrons. The molecule has 5 rings (SSSR count). The molecule has 11 nitrogen and oxygen atoms in total. The lowest BCUT2D eigenvalue weighted by Crippen LogP contribution is -2.20. The molecule has 0 aliphatic carbocycles. The lowest BCUT2D eigenvalue weighted by Gasteiger charge is -2.19. The lowest BCUT2D eigenvalue weighted by molar-refractivity contribution is 0.0706. The number of aryl methyl sites for hydroxylation is 1. The smallest absolute Gasteiger partial charge is 0.276 e. The van der Waals surface area contributed by atoms with Gasteiger partial charge in [-0.2, -0.15) is 0 Å². The second-order valence-electron chi connectivity index (χ2n) is 9.70. The highest BCUT2D eigenvalue weighted by atomic mass is 19.1. The first-order chi connectivity index (χ1) is 19.6. The molecule has 0 saturated heterocycles. The van der Waals surface area contributed by atoms with Crippen LogP contribution < -0.4 is 15.7 Å². The van der Waals surface area contributed by atoms with Crippen molar-refractivity contribution in [2.75, 3.05) is 17.3 Å². The van der Waals surface area contributed by atoms with Gasteiger partial charge in [-0.3, -0.25) is 15.0 Å². The predicted molar refractivity (Wildman–Crippen MR) is 149 cm³/mol. The van der Waals surface area contributed by atoms with E-state index >= 15 is 0 Å². The van der Waals surface area contributed by atoms with Crippen molar-refractivity contribution in [1.82, 2.24) is 35.0 Å². The monoisotopic (exact) mass is 559 g/mol. The van der Waals surface area contributed by atoms with Crippen LogP contribution in [-0.2, 0) is 6.54 Å². The van der Waals surface area contributed by atoms with Crippen molar-refractivity contribution in [2.45, 2.75) is 33.4 Å². The second-order valence-corrected chi connectivity index (χ2v) is 9.70. The molecule has 1 amide bonds. The Kier molecular flexibility index (Phi) is 7.53. The Balaban J connectivity index is 1.33. The first-order valence-corrected chi connectivity index (χ1v) is 12.7. The summed E-state index contributed by atoms with van der Waals surface area (Å²) >= 11 is 0. The number of nitrogens with zero attached hydrogens (tertiary/aromatic N) is 7. The van der Waals surface area contributed by atoms with Crippen LogP contribution in [0.25, 0.3) is 22.3 Å². The van der Waals surface area contributed by atoms with Gasteiger partial charge >= 0.3 is 0 Å². The summed E-state index contributed by atoms with van der Waals surface area (Å²) < 4.78 is 31.7. The van der Waals surface area contributed by atoms with E-state index in [0.717, 1.165) is 11.9 Å². The van der Waals surface area contributed by atoms with E-state index in [-0.39, 0.29) is 34.3 Å². The molecule has 41 heavy (non-hydrogen) atoms. The molecular formula is C28H27F2N9O2. The lowest BCUT2D eigenvalue weighted by atomic mass is 10.1. The number of hydrogen-bond donors (Lipinski definition) is 3. The van der Waals surface area contributed by atoms with Crippen LogP contribution >= 0.6 is 0 Å². The van der Waals surface area contributed by atoms with E-state index < -0.39 is 17.5 Å². The molecule has 0 atom stereocenters. The van der Waals surface area contributed by atoms with E-state index in [1.54, 1.807) is 42.9 Å². The van der Waals surface area contributed by atoms with Gasteiger partial charge in [0.25, 0.3) is 5.91 Å². The summed E-state index contributed by atoms with van der Waals surface area (Å²) in [5.41, 5.74) is 4.30. The van der Waals surface area contributed by atoms with E-state index in [4.69, 9.17) is 5.21 Å². The zero-order valence-electron chi connectivity index (χ0n) is 22.7. The first kappa shape index (κ1) is 27.5. The topological polar surface area (TPSA) is 134 Å². The standard InChI is InChI=1S/C28H27F2N9O2/c1-15(2)39-16(3)34-26-21(29)9-18(10-23(26)39)25-22(30)13-33-28(36-25)35-24-8-7-20(12-32-24)38(4)14-19-6-5-17(11-31-19)27(40)37-41/h5-13,15,41H,14H2,1-4H3,(H,37,40)(H,32,33,35,36). The minimum absolute atomic E-state index is 0.0344. The van der Waals surface area contributed by atoms with Crippen molar-refractivity contribution in [3.8, 4) is 11.3 Å². The van der Waals surface area contributed by atoms with Crippen molar-refractivity contribution in [1.29, 1.82) is 0 Å². The molecule has 0 aliphatic rings. The van der Waals surface area contributed by atoms with Gasteiger partial charge in [0.15, 0.2) is 11.6 Å². The molecule has 0 unspecified atom stereocenters. The number of anilines is 3. The number of carbonyl (C=O) groups excluding carboxylic acids is 1. The maximum Gasteiger partial charge on any atom is 0.276 e. The molecule has 0 bridgehead atoms. The molecule has 0 saturated carbocycles. The van der Waals surface area contributed by atoms with Crippen LogP contribution in [0.3, 0.4) is 0 Å². The first-order valence-electron chi connectivity index (χ1n) is 12.7. The number of hydroxylamine groups is 1. The molecule has 210 valence electrons. The average Bonchev–Trinajstić information content (AvgIpc) is 3.31. The maximum atomic E-state index is 15.0. The Morgan fingerprint density at radius 3 is 2.49 bits per heavy atom. The molecule has 5 aromatic rings. The normalized spacial score (nSPS) is 11.2. The van der Waals surface area contributed by atoms with Gasteiger partial charge in [-0.25, -0.2) is 34.2 Å². The number of aromatic nitrogens is 6. The van der Waals surface area contributed by atoms with Crippen LogP contribution in [0.4, 0.5) is 26.2 Å². The fraction of sp³-hybridized carbons (Fsp3) is 0.214. The Labute approximate surface area is 233 Å². The Bertz CT molecular complexity index is 1720.